The molecule has 0 spiro atoms. The van der Waals surface area contributed by atoms with Gasteiger partial charge in [0.15, 0.2) is 5.13 Å². The Morgan fingerprint density at radius 3 is 2.60 bits per heavy atom. The van der Waals surface area contributed by atoms with Crippen molar-refractivity contribution in [3.05, 3.63) is 41.8 Å². The highest BCUT2D eigenvalue weighted by Crippen LogP contribution is 2.45. The highest BCUT2D eigenvalue weighted by atomic mass is 32.1. The van der Waals surface area contributed by atoms with Crippen molar-refractivity contribution in [1.29, 1.82) is 0 Å². The first-order chi connectivity index (χ1) is 25.7. The number of methoxy groups -OCH3 is 1. The second-order valence-electron chi connectivity index (χ2n) is 14.3. The monoisotopic (exact) mass is 746 g/mol. The number of nitrogens with one attached hydrogen (secondary N) is 3. The molecule has 5 atom stereocenters. The van der Waals surface area contributed by atoms with E-state index in [0.29, 0.717) is 46.6 Å². The van der Waals surface area contributed by atoms with E-state index in [2.05, 4.69) is 20.9 Å². The molecule has 14 nitrogen and oxygen atoms in total. The van der Waals surface area contributed by atoms with Gasteiger partial charge in [-0.1, -0.05) is 25.0 Å². The summed E-state index contributed by atoms with van der Waals surface area (Å²) in [6.45, 7) is 0.0338. The Balaban J connectivity index is 1.20. The Bertz CT molecular complexity index is 1890. The van der Waals surface area contributed by atoms with E-state index in [1.54, 1.807) is 32.4 Å². The van der Waals surface area contributed by atoms with Crippen molar-refractivity contribution in [1.82, 2.24) is 25.5 Å². The van der Waals surface area contributed by atoms with Gasteiger partial charge in [-0.15, -0.1) is 11.3 Å². The zero-order valence-electron chi connectivity index (χ0n) is 30.0. The summed E-state index contributed by atoms with van der Waals surface area (Å²) >= 11 is 1.44. The Hall–Kier alpha value is -4.92. The first-order valence-corrected chi connectivity index (χ1v) is 19.3. The number of aromatic nitrogens is 2. The van der Waals surface area contributed by atoms with Gasteiger partial charge in [-0.05, 0) is 63.5 Å². The lowest BCUT2D eigenvalue weighted by atomic mass is 10.0. The number of amides is 3. The van der Waals surface area contributed by atoms with E-state index in [1.807, 2.05) is 23.6 Å². The van der Waals surface area contributed by atoms with E-state index < -0.39 is 47.6 Å². The molecule has 4 heterocycles. The van der Waals surface area contributed by atoms with Crippen LogP contribution in [0.4, 0.5) is 9.93 Å². The number of ether oxygens (including phenoxy) is 3. The molecule has 1 unspecified atom stereocenters. The van der Waals surface area contributed by atoms with Crippen LogP contribution in [0.2, 0.25) is 0 Å². The zero-order valence-corrected chi connectivity index (χ0v) is 30.8. The van der Waals surface area contributed by atoms with Crippen LogP contribution in [0.25, 0.3) is 22.3 Å². The summed E-state index contributed by atoms with van der Waals surface area (Å²) in [5.41, 5.74) is 0.382. The average Bonchev–Trinajstić information content (AvgIpc) is 3.60. The fourth-order valence-corrected chi connectivity index (χ4v) is 8.36. The molecule has 53 heavy (non-hydrogen) atoms. The van der Waals surface area contributed by atoms with Gasteiger partial charge in [0.1, 0.15) is 47.0 Å². The minimum Gasteiger partial charge on any atom is -0.497 e. The van der Waals surface area contributed by atoms with Crippen LogP contribution in [-0.4, -0.2) is 94.4 Å². The second-order valence-corrected chi connectivity index (χ2v) is 15.2. The summed E-state index contributed by atoms with van der Waals surface area (Å²) < 4.78 is 17.8. The number of alkyl carbamates (subject to hydrolysis) is 1. The SMILES string of the molecule is CNc1nc(-c2cc(O[C@@H]3CC4C(=O)N[C@]5(C(=O)O)C[C@@H]5/C=C\CCCCC[C@H](NC(=O)OC5CCCC5)C(=O)N4C3)c3ccc(OC)cc3n2)cs1. The first-order valence-electron chi connectivity index (χ1n) is 18.5. The summed E-state index contributed by atoms with van der Waals surface area (Å²) in [4.78, 5) is 65.2. The van der Waals surface area contributed by atoms with Crippen molar-refractivity contribution in [2.75, 3.05) is 26.0 Å². The number of rotatable bonds is 8. The van der Waals surface area contributed by atoms with E-state index >= 15 is 0 Å². The number of pyridine rings is 1. The van der Waals surface area contributed by atoms with Gasteiger partial charge >= 0.3 is 12.1 Å². The molecule has 4 aliphatic rings. The van der Waals surface area contributed by atoms with Crippen molar-refractivity contribution < 1.29 is 38.5 Å². The maximum atomic E-state index is 14.5. The quantitative estimate of drug-likeness (QED) is 0.221. The number of anilines is 1. The molecule has 3 fully saturated rings. The van der Waals surface area contributed by atoms with Gasteiger partial charge in [-0.3, -0.25) is 9.59 Å². The number of carboxylic acid groups (broad SMARTS) is 1. The molecule has 3 aromatic rings. The van der Waals surface area contributed by atoms with Crippen molar-refractivity contribution in [2.45, 2.75) is 100 Å². The van der Waals surface area contributed by atoms with Crippen molar-refractivity contribution >= 4 is 51.2 Å². The lowest BCUT2D eigenvalue weighted by molar-refractivity contribution is -0.145. The predicted octanol–water partition coefficient (Wildman–Crippen LogP) is 5.27. The Labute approximate surface area is 311 Å². The number of hydrogen-bond donors (Lipinski definition) is 4. The fraction of sp³-hybridized carbons (Fsp3) is 0.526. The number of nitrogens with zero attached hydrogens (tertiary/aromatic N) is 3. The molecule has 0 radical (unpaired) electrons. The number of fused-ring (bicyclic) bond motifs is 3. The Morgan fingerprint density at radius 1 is 1.04 bits per heavy atom. The predicted molar refractivity (Wildman–Crippen MR) is 198 cm³/mol. The molecule has 2 saturated carbocycles. The molecule has 15 heteroatoms. The van der Waals surface area contributed by atoms with Crippen LogP contribution >= 0.6 is 11.3 Å². The lowest BCUT2D eigenvalue weighted by Crippen LogP contribution is -2.56. The average molecular weight is 747 g/mol. The van der Waals surface area contributed by atoms with Crippen LogP contribution in [0.3, 0.4) is 0 Å². The minimum absolute atomic E-state index is 0.0338. The van der Waals surface area contributed by atoms with E-state index in [4.69, 9.17) is 19.2 Å². The van der Waals surface area contributed by atoms with Gasteiger partial charge in [-0.25, -0.2) is 19.6 Å². The van der Waals surface area contributed by atoms with Gasteiger partial charge in [0.2, 0.25) is 11.8 Å². The van der Waals surface area contributed by atoms with Gasteiger partial charge in [-0.2, -0.15) is 0 Å². The maximum absolute atomic E-state index is 14.5. The van der Waals surface area contributed by atoms with Crippen molar-refractivity contribution in [3.8, 4) is 22.9 Å². The lowest BCUT2D eigenvalue weighted by Gasteiger charge is -2.29. The highest BCUT2D eigenvalue weighted by Gasteiger charge is 2.61. The van der Waals surface area contributed by atoms with Crippen LogP contribution < -0.4 is 25.4 Å². The molecule has 2 aliphatic heterocycles. The number of carbonyl (C=O) groups is 4. The topological polar surface area (TPSA) is 181 Å². The molecular formula is C38H46N6O8S. The summed E-state index contributed by atoms with van der Waals surface area (Å²) in [6, 6.07) is 5.27. The normalized spacial score (nSPS) is 27.1. The number of thiazole rings is 1. The van der Waals surface area contributed by atoms with Crippen molar-refractivity contribution in [2.24, 2.45) is 5.92 Å². The molecule has 1 aromatic carbocycles. The maximum Gasteiger partial charge on any atom is 0.408 e. The number of allylic oxidation sites excluding steroid dienone is 1. The van der Waals surface area contributed by atoms with Crippen LogP contribution in [0.15, 0.2) is 41.8 Å². The summed E-state index contributed by atoms with van der Waals surface area (Å²) in [6.07, 6.45) is 9.72. The molecular weight excluding hydrogens is 701 g/mol. The van der Waals surface area contributed by atoms with Crippen LogP contribution in [0, 0.1) is 5.92 Å². The van der Waals surface area contributed by atoms with E-state index in [0.717, 1.165) is 50.1 Å². The van der Waals surface area contributed by atoms with Crippen LogP contribution in [-0.2, 0) is 19.1 Å². The molecule has 7 rings (SSSR count). The number of carbonyl (C=O) groups excluding carboxylic acids is 3. The first kappa shape index (κ1) is 36.4. The smallest absolute Gasteiger partial charge is 0.408 e. The Kier molecular flexibility index (Phi) is 10.7. The summed E-state index contributed by atoms with van der Waals surface area (Å²) in [5.74, 6) is -1.37. The van der Waals surface area contributed by atoms with Gasteiger partial charge < -0.3 is 40.2 Å². The minimum atomic E-state index is -1.45. The largest absolute Gasteiger partial charge is 0.497 e. The zero-order chi connectivity index (χ0) is 37.1. The molecule has 1 saturated heterocycles. The molecule has 3 amide bonds. The number of benzene rings is 1. The van der Waals surface area contributed by atoms with Gasteiger partial charge in [0.05, 0.1) is 24.9 Å². The van der Waals surface area contributed by atoms with E-state index in [9.17, 15) is 24.3 Å². The molecule has 0 bridgehead atoms. The van der Waals surface area contributed by atoms with Crippen molar-refractivity contribution in [3.63, 3.8) is 0 Å². The van der Waals surface area contributed by atoms with E-state index in [-0.39, 0.29) is 31.4 Å². The van der Waals surface area contributed by atoms with Gasteiger partial charge in [0.25, 0.3) is 0 Å². The van der Waals surface area contributed by atoms with Crippen LogP contribution in [0.5, 0.6) is 11.5 Å². The van der Waals surface area contributed by atoms with Gasteiger partial charge in [0, 0.05) is 42.3 Å². The third-order valence-electron chi connectivity index (χ3n) is 10.7. The molecule has 2 aromatic heterocycles. The molecule has 4 N–H and O–H groups in total. The number of aliphatic carboxylic acids is 1. The Morgan fingerprint density at radius 2 is 1.85 bits per heavy atom. The highest BCUT2D eigenvalue weighted by molar-refractivity contribution is 7.14. The third-order valence-corrected chi connectivity index (χ3v) is 11.6. The second kappa shape index (κ2) is 15.6. The van der Waals surface area contributed by atoms with E-state index in [1.165, 1.54) is 16.2 Å². The molecule has 2 aliphatic carbocycles. The fourth-order valence-electron chi connectivity index (χ4n) is 7.70. The number of carboxylic acids is 1. The van der Waals surface area contributed by atoms with Crippen LogP contribution in [0.1, 0.15) is 70.6 Å². The standard InChI is InChI=1S/C38H46N6O8S/c1-39-36-41-30(21-53-36)29-18-32(26-15-14-24(50-2)16-28(26)40-29)51-25-17-31-33(45)43-38(35(47)48)19-22(38)10-6-4-3-5-7-13-27(34(46)44(31)20-25)42-37(49)52-23-11-8-9-12-23/h6,10,14-16,18,21-23,25,27,31H,3-5,7-9,11-13,17,19-20H2,1-2H3,(H,39,41)(H,42,49)(H,43,45)(H,47,48)/b10-6-/t22-,25+,27-,31?,38+/m0/s1. The third kappa shape index (κ3) is 7.90. The summed E-state index contributed by atoms with van der Waals surface area (Å²) in [7, 11) is 3.37. The number of hydrogen-bond acceptors (Lipinski definition) is 11. The molecule has 282 valence electrons. The summed E-state index contributed by atoms with van der Waals surface area (Å²) in [5, 5.41) is 22.2.